The normalized spacial score (nSPS) is 26.9. The van der Waals surface area contributed by atoms with Crippen molar-refractivity contribution < 1.29 is 17.9 Å². The molecule has 0 amide bonds. The van der Waals surface area contributed by atoms with Gasteiger partial charge < -0.3 is 4.74 Å². The van der Waals surface area contributed by atoms with Crippen LogP contribution in [0.3, 0.4) is 0 Å². The molecule has 0 aromatic heterocycles. The van der Waals surface area contributed by atoms with Crippen LogP contribution in [0.15, 0.2) is 18.2 Å². The molecule has 0 N–H and O–H groups in total. The van der Waals surface area contributed by atoms with Crippen molar-refractivity contribution in [2.75, 3.05) is 6.61 Å². The van der Waals surface area contributed by atoms with Gasteiger partial charge in [-0.05, 0) is 60.5 Å². The molecular weight excluding hydrogens is 397 g/mol. The molecule has 1 nitrogen and oxygen atoms in total. The molecule has 2 aliphatic carbocycles. The summed E-state index contributed by atoms with van der Waals surface area (Å²) in [6.07, 6.45) is 12.9. The second-order valence-corrected chi connectivity index (χ2v) is 10.2. The zero-order valence-electron chi connectivity index (χ0n) is 18.9. The van der Waals surface area contributed by atoms with Crippen molar-refractivity contribution in [3.8, 4) is 5.75 Å². The molecule has 31 heavy (non-hydrogen) atoms. The highest BCUT2D eigenvalue weighted by atomic mass is 19.2. The lowest BCUT2D eigenvalue weighted by atomic mass is 9.76. The third-order valence-corrected chi connectivity index (χ3v) is 7.84. The molecule has 0 atom stereocenters. The first-order valence-corrected chi connectivity index (χ1v) is 12.1. The van der Waals surface area contributed by atoms with Gasteiger partial charge in [0, 0.05) is 0 Å². The average molecular weight is 433 g/mol. The molecule has 0 unspecified atom stereocenters. The summed E-state index contributed by atoms with van der Waals surface area (Å²) >= 11 is 0. The SMILES string of the molecule is Cc1ccc2cc(OCC3CCC(CCC4CCC(C)CC4)CC3)c(F)c(F)c2c1F. The highest BCUT2D eigenvalue weighted by Gasteiger charge is 2.25. The minimum absolute atomic E-state index is 0.109. The highest BCUT2D eigenvalue weighted by Crippen LogP contribution is 2.37. The molecule has 2 fully saturated rings. The second-order valence-electron chi connectivity index (χ2n) is 10.2. The van der Waals surface area contributed by atoms with Gasteiger partial charge in [-0.1, -0.05) is 70.4 Å². The van der Waals surface area contributed by atoms with E-state index in [0.29, 0.717) is 23.5 Å². The number of benzene rings is 2. The van der Waals surface area contributed by atoms with E-state index in [9.17, 15) is 13.2 Å². The van der Waals surface area contributed by atoms with Crippen molar-refractivity contribution in [1.29, 1.82) is 0 Å². The molecular formula is C27H35F3O. The summed E-state index contributed by atoms with van der Waals surface area (Å²) < 4.78 is 48.9. The fourth-order valence-corrected chi connectivity index (χ4v) is 5.55. The van der Waals surface area contributed by atoms with Crippen molar-refractivity contribution in [2.45, 2.75) is 78.1 Å². The molecule has 0 spiro atoms. The topological polar surface area (TPSA) is 9.23 Å². The van der Waals surface area contributed by atoms with E-state index < -0.39 is 17.5 Å². The Morgan fingerprint density at radius 1 is 0.774 bits per heavy atom. The Labute approximate surface area is 184 Å². The van der Waals surface area contributed by atoms with Gasteiger partial charge in [-0.25, -0.2) is 8.78 Å². The number of halogens is 3. The average Bonchev–Trinajstić information content (AvgIpc) is 2.78. The van der Waals surface area contributed by atoms with E-state index in [0.717, 1.165) is 30.6 Å². The van der Waals surface area contributed by atoms with E-state index in [1.165, 1.54) is 57.4 Å². The van der Waals surface area contributed by atoms with E-state index in [4.69, 9.17) is 4.74 Å². The van der Waals surface area contributed by atoms with Gasteiger partial charge in [-0.2, -0.15) is 4.39 Å². The molecule has 170 valence electrons. The summed E-state index contributed by atoms with van der Waals surface area (Å²) in [4.78, 5) is 0. The fourth-order valence-electron chi connectivity index (χ4n) is 5.55. The van der Waals surface area contributed by atoms with Crippen LogP contribution in [-0.4, -0.2) is 6.61 Å². The van der Waals surface area contributed by atoms with E-state index in [1.54, 1.807) is 19.1 Å². The predicted molar refractivity (Wildman–Crippen MR) is 120 cm³/mol. The molecule has 2 aromatic rings. The minimum atomic E-state index is -1.16. The molecule has 0 radical (unpaired) electrons. The van der Waals surface area contributed by atoms with Gasteiger partial charge in [-0.3, -0.25) is 0 Å². The number of rotatable bonds is 6. The third-order valence-electron chi connectivity index (χ3n) is 7.84. The Bertz CT molecular complexity index is 893. The maximum absolute atomic E-state index is 14.5. The summed E-state index contributed by atoms with van der Waals surface area (Å²) in [5.41, 5.74) is 0.300. The number of aryl methyl sites for hydroxylation is 1. The van der Waals surface area contributed by atoms with Gasteiger partial charge >= 0.3 is 0 Å². The lowest BCUT2D eigenvalue weighted by Crippen LogP contribution is -2.21. The molecule has 2 saturated carbocycles. The lowest BCUT2D eigenvalue weighted by molar-refractivity contribution is 0.166. The monoisotopic (exact) mass is 432 g/mol. The third kappa shape index (κ3) is 5.21. The van der Waals surface area contributed by atoms with Gasteiger partial charge in [0.1, 0.15) is 5.82 Å². The molecule has 4 heteroatoms. The van der Waals surface area contributed by atoms with Crippen molar-refractivity contribution >= 4 is 10.8 Å². The number of hydrogen-bond donors (Lipinski definition) is 0. The van der Waals surface area contributed by atoms with Crippen LogP contribution in [0.2, 0.25) is 0 Å². The summed E-state index contributed by atoms with van der Waals surface area (Å²) in [5, 5.41) is 0.0376. The van der Waals surface area contributed by atoms with Crippen molar-refractivity contribution in [1.82, 2.24) is 0 Å². The van der Waals surface area contributed by atoms with Crippen LogP contribution >= 0.6 is 0 Å². The van der Waals surface area contributed by atoms with Crippen molar-refractivity contribution in [2.24, 2.45) is 23.7 Å². The zero-order valence-corrected chi connectivity index (χ0v) is 18.9. The molecule has 2 aromatic carbocycles. The van der Waals surface area contributed by atoms with Crippen molar-refractivity contribution in [3.05, 3.63) is 41.2 Å². The summed E-state index contributed by atoms with van der Waals surface area (Å²) in [6.45, 7) is 4.31. The van der Waals surface area contributed by atoms with Crippen LogP contribution in [0, 0.1) is 48.0 Å². The maximum atomic E-state index is 14.5. The van der Waals surface area contributed by atoms with Crippen LogP contribution < -0.4 is 4.74 Å². The Kier molecular flexibility index (Phi) is 7.13. The zero-order chi connectivity index (χ0) is 22.0. The summed E-state index contributed by atoms with van der Waals surface area (Å²) in [7, 11) is 0. The van der Waals surface area contributed by atoms with E-state index in [-0.39, 0.29) is 11.1 Å². The number of fused-ring (bicyclic) bond motifs is 1. The first kappa shape index (κ1) is 22.5. The first-order chi connectivity index (χ1) is 14.9. The van der Waals surface area contributed by atoms with Gasteiger partial charge in [0.25, 0.3) is 0 Å². The van der Waals surface area contributed by atoms with Crippen LogP contribution in [0.25, 0.3) is 10.8 Å². The van der Waals surface area contributed by atoms with E-state index in [2.05, 4.69) is 6.92 Å². The van der Waals surface area contributed by atoms with Crippen LogP contribution in [0.1, 0.15) is 76.7 Å². The van der Waals surface area contributed by atoms with Gasteiger partial charge in [0.2, 0.25) is 5.82 Å². The van der Waals surface area contributed by atoms with E-state index in [1.807, 2.05) is 0 Å². The van der Waals surface area contributed by atoms with Crippen LogP contribution in [-0.2, 0) is 0 Å². The smallest absolute Gasteiger partial charge is 0.201 e. The van der Waals surface area contributed by atoms with Crippen LogP contribution in [0.4, 0.5) is 13.2 Å². The quantitative estimate of drug-likeness (QED) is 0.445. The largest absolute Gasteiger partial charge is 0.490 e. The molecule has 0 aliphatic heterocycles. The molecule has 4 rings (SSSR count). The van der Waals surface area contributed by atoms with Gasteiger partial charge in [0.15, 0.2) is 11.6 Å². The number of hydrogen-bond acceptors (Lipinski definition) is 1. The fraction of sp³-hybridized carbons (Fsp3) is 0.630. The summed E-state index contributed by atoms with van der Waals surface area (Å²) in [5.74, 6) is -0.0471. The molecule has 0 saturated heterocycles. The standard InChI is InChI=1S/C27H35F3O/c1-17-3-6-19(7-4-17)8-9-20-10-12-21(13-11-20)16-31-23-15-22-14-5-18(2)25(28)24(22)27(30)26(23)29/h5,14-15,17,19-21H,3-4,6-13,16H2,1-2H3. The predicted octanol–water partition coefficient (Wildman–Crippen LogP) is 8.36. The number of ether oxygens (including phenoxy) is 1. The Balaban J connectivity index is 1.27. The highest BCUT2D eigenvalue weighted by molar-refractivity contribution is 5.86. The lowest BCUT2D eigenvalue weighted by Gasteiger charge is -2.31. The van der Waals surface area contributed by atoms with Gasteiger partial charge in [-0.15, -0.1) is 0 Å². The maximum Gasteiger partial charge on any atom is 0.201 e. The van der Waals surface area contributed by atoms with E-state index >= 15 is 0 Å². The van der Waals surface area contributed by atoms with Crippen LogP contribution in [0.5, 0.6) is 5.75 Å². The second kappa shape index (κ2) is 9.83. The first-order valence-electron chi connectivity index (χ1n) is 12.1. The minimum Gasteiger partial charge on any atom is -0.490 e. The Hall–Kier alpha value is -1.71. The van der Waals surface area contributed by atoms with Gasteiger partial charge in [0.05, 0.1) is 12.0 Å². The Morgan fingerprint density at radius 3 is 2.00 bits per heavy atom. The summed E-state index contributed by atoms with van der Waals surface area (Å²) in [6, 6.07) is 4.61. The Morgan fingerprint density at radius 2 is 1.35 bits per heavy atom. The molecule has 2 aliphatic rings. The molecule has 0 bridgehead atoms. The molecule has 0 heterocycles. The van der Waals surface area contributed by atoms with Crippen molar-refractivity contribution in [3.63, 3.8) is 0 Å².